The Kier molecular flexibility index (Phi) is 2.38. The van der Waals surface area contributed by atoms with Crippen molar-refractivity contribution in [2.75, 3.05) is 5.32 Å². The molecule has 2 aromatic rings. The summed E-state index contributed by atoms with van der Waals surface area (Å²) in [6.45, 7) is 0. The van der Waals surface area contributed by atoms with Crippen LogP contribution in [0, 0.1) is 0 Å². The van der Waals surface area contributed by atoms with Crippen LogP contribution in [-0.2, 0) is 4.79 Å². The summed E-state index contributed by atoms with van der Waals surface area (Å²) >= 11 is 0. The second-order valence-corrected chi connectivity index (χ2v) is 4.15. The van der Waals surface area contributed by atoms with E-state index >= 15 is 0 Å². The minimum Gasteiger partial charge on any atom is -0.508 e. The summed E-state index contributed by atoms with van der Waals surface area (Å²) in [7, 11) is 0. The zero-order valence-corrected chi connectivity index (χ0v) is 9.55. The highest BCUT2D eigenvalue weighted by Gasteiger charge is 2.22. The number of phenolic OH excluding ortho intramolecular Hbond substituents is 1. The van der Waals surface area contributed by atoms with E-state index < -0.39 is 0 Å². The molecule has 0 aliphatic carbocycles. The lowest BCUT2D eigenvalue weighted by atomic mass is 10.0. The largest absolute Gasteiger partial charge is 0.508 e. The van der Waals surface area contributed by atoms with Gasteiger partial charge in [-0.15, -0.1) is 0 Å². The molecule has 18 heavy (non-hydrogen) atoms. The number of anilines is 1. The van der Waals surface area contributed by atoms with E-state index in [1.165, 1.54) is 0 Å². The van der Waals surface area contributed by atoms with E-state index in [2.05, 4.69) is 5.32 Å². The molecule has 0 saturated heterocycles. The van der Waals surface area contributed by atoms with Gasteiger partial charge in [-0.25, -0.2) is 0 Å². The van der Waals surface area contributed by atoms with Crippen LogP contribution in [0.4, 0.5) is 5.69 Å². The van der Waals surface area contributed by atoms with Crippen molar-refractivity contribution in [3.8, 4) is 5.75 Å². The first-order valence-corrected chi connectivity index (χ1v) is 5.65. The van der Waals surface area contributed by atoms with Crippen LogP contribution in [0.25, 0.3) is 11.6 Å². The Hall–Kier alpha value is -2.55. The summed E-state index contributed by atoms with van der Waals surface area (Å²) in [6.07, 6.45) is 1.82. The molecule has 1 amide bonds. The van der Waals surface area contributed by atoms with Crippen molar-refractivity contribution < 1.29 is 9.90 Å². The van der Waals surface area contributed by atoms with Crippen LogP contribution in [-0.4, -0.2) is 11.0 Å². The molecule has 0 saturated carbocycles. The fraction of sp³-hybridized carbons (Fsp3) is 0. The number of carbonyl (C=O) groups excluding carboxylic acids is 1. The molecule has 1 aliphatic rings. The molecule has 0 radical (unpaired) electrons. The molecule has 3 rings (SSSR count). The quantitative estimate of drug-likeness (QED) is 0.749. The number of benzene rings is 2. The normalized spacial score (nSPS) is 15.6. The Labute approximate surface area is 104 Å². The maximum Gasteiger partial charge on any atom is 0.256 e. The molecule has 0 atom stereocenters. The Balaban J connectivity index is 2.07. The predicted octanol–water partition coefficient (Wildman–Crippen LogP) is 2.88. The minimum atomic E-state index is -0.0933. The summed E-state index contributed by atoms with van der Waals surface area (Å²) in [5.74, 6) is 0.123. The molecular formula is C15H11NO2. The molecule has 88 valence electrons. The van der Waals surface area contributed by atoms with Crippen molar-refractivity contribution in [2.45, 2.75) is 0 Å². The van der Waals surface area contributed by atoms with Crippen molar-refractivity contribution in [3.05, 3.63) is 59.7 Å². The van der Waals surface area contributed by atoms with Gasteiger partial charge in [0, 0.05) is 16.8 Å². The van der Waals surface area contributed by atoms with Gasteiger partial charge in [-0.3, -0.25) is 4.79 Å². The van der Waals surface area contributed by atoms with Gasteiger partial charge < -0.3 is 10.4 Å². The van der Waals surface area contributed by atoms with Crippen molar-refractivity contribution in [3.63, 3.8) is 0 Å². The topological polar surface area (TPSA) is 49.3 Å². The number of para-hydroxylation sites is 1. The molecule has 0 bridgehead atoms. The lowest BCUT2D eigenvalue weighted by molar-refractivity contribution is -0.110. The summed E-state index contributed by atoms with van der Waals surface area (Å²) in [5, 5.41) is 12.0. The number of phenols is 1. The second kappa shape index (κ2) is 4.04. The van der Waals surface area contributed by atoms with Crippen LogP contribution in [0.2, 0.25) is 0 Å². The maximum absolute atomic E-state index is 11.9. The fourth-order valence-corrected chi connectivity index (χ4v) is 2.02. The second-order valence-electron chi connectivity index (χ2n) is 4.15. The number of carbonyl (C=O) groups is 1. The molecule has 0 spiro atoms. The van der Waals surface area contributed by atoms with Gasteiger partial charge in [-0.05, 0) is 29.8 Å². The van der Waals surface area contributed by atoms with Crippen LogP contribution in [0.15, 0.2) is 48.5 Å². The van der Waals surface area contributed by atoms with Gasteiger partial charge in [0.2, 0.25) is 0 Å². The molecule has 0 aromatic heterocycles. The number of fused-ring (bicyclic) bond motifs is 1. The molecule has 0 unspecified atom stereocenters. The molecule has 2 aromatic carbocycles. The third kappa shape index (κ3) is 1.76. The molecule has 3 nitrogen and oxygen atoms in total. The number of aromatic hydroxyl groups is 1. The molecule has 1 aliphatic heterocycles. The summed E-state index contributed by atoms with van der Waals surface area (Å²) in [6, 6.07) is 14.3. The highest BCUT2D eigenvalue weighted by atomic mass is 16.3. The average molecular weight is 237 g/mol. The first kappa shape index (κ1) is 10.6. The van der Waals surface area contributed by atoms with Crippen LogP contribution < -0.4 is 5.32 Å². The van der Waals surface area contributed by atoms with Crippen molar-refractivity contribution in [2.24, 2.45) is 0 Å². The van der Waals surface area contributed by atoms with Crippen molar-refractivity contribution in [1.82, 2.24) is 0 Å². The molecule has 2 N–H and O–H groups in total. The Morgan fingerprint density at radius 3 is 2.50 bits per heavy atom. The summed E-state index contributed by atoms with van der Waals surface area (Å²) in [5.41, 5.74) is 3.29. The number of hydrogen-bond donors (Lipinski definition) is 2. The predicted molar refractivity (Wildman–Crippen MR) is 71.0 cm³/mol. The monoisotopic (exact) mass is 237 g/mol. The van der Waals surface area contributed by atoms with Gasteiger partial charge in [0.25, 0.3) is 5.91 Å². The van der Waals surface area contributed by atoms with Crippen LogP contribution in [0.1, 0.15) is 11.1 Å². The molecule has 1 heterocycles. The van der Waals surface area contributed by atoms with Crippen LogP contribution in [0.3, 0.4) is 0 Å². The highest BCUT2D eigenvalue weighted by Crippen LogP contribution is 2.32. The van der Waals surface area contributed by atoms with E-state index in [-0.39, 0.29) is 11.7 Å². The Bertz CT molecular complexity index is 642. The number of nitrogens with one attached hydrogen (secondary N) is 1. The lowest BCUT2D eigenvalue weighted by Gasteiger charge is -1.98. The number of hydrogen-bond acceptors (Lipinski definition) is 2. The molecule has 0 fully saturated rings. The van der Waals surface area contributed by atoms with E-state index in [0.717, 1.165) is 16.8 Å². The van der Waals surface area contributed by atoms with Gasteiger partial charge in [-0.1, -0.05) is 30.3 Å². The van der Waals surface area contributed by atoms with Crippen LogP contribution >= 0.6 is 0 Å². The van der Waals surface area contributed by atoms with Gasteiger partial charge in [0.15, 0.2) is 0 Å². The number of rotatable bonds is 1. The van der Waals surface area contributed by atoms with E-state index in [1.807, 2.05) is 30.3 Å². The summed E-state index contributed by atoms with van der Waals surface area (Å²) in [4.78, 5) is 11.9. The third-order valence-electron chi connectivity index (χ3n) is 2.91. The van der Waals surface area contributed by atoms with E-state index in [4.69, 9.17) is 0 Å². The molecule has 3 heteroatoms. The zero-order chi connectivity index (χ0) is 12.5. The van der Waals surface area contributed by atoms with Gasteiger partial charge >= 0.3 is 0 Å². The smallest absolute Gasteiger partial charge is 0.256 e. The van der Waals surface area contributed by atoms with E-state index in [9.17, 15) is 9.90 Å². The van der Waals surface area contributed by atoms with Crippen molar-refractivity contribution in [1.29, 1.82) is 0 Å². The molecular weight excluding hydrogens is 226 g/mol. The zero-order valence-electron chi connectivity index (χ0n) is 9.55. The minimum absolute atomic E-state index is 0.0933. The fourth-order valence-electron chi connectivity index (χ4n) is 2.02. The first-order chi connectivity index (χ1) is 8.74. The van der Waals surface area contributed by atoms with Gasteiger partial charge in [0.05, 0.1) is 0 Å². The standard InChI is InChI=1S/C15H11NO2/c17-11-7-5-10(6-8-11)9-13-12-3-1-2-4-14(12)16-15(13)18/h1-9,17H,(H,16,18)/b13-9-. The SMILES string of the molecule is O=C1Nc2ccccc2/C1=C/c1ccc(O)cc1. The van der Waals surface area contributed by atoms with E-state index in [1.54, 1.807) is 24.3 Å². The first-order valence-electron chi connectivity index (χ1n) is 5.65. The number of amides is 1. The average Bonchev–Trinajstić information content (AvgIpc) is 2.69. The third-order valence-corrected chi connectivity index (χ3v) is 2.91. The Morgan fingerprint density at radius 1 is 1.00 bits per heavy atom. The van der Waals surface area contributed by atoms with Gasteiger partial charge in [-0.2, -0.15) is 0 Å². The van der Waals surface area contributed by atoms with Crippen LogP contribution in [0.5, 0.6) is 5.75 Å². The van der Waals surface area contributed by atoms with Gasteiger partial charge in [0.1, 0.15) is 5.75 Å². The maximum atomic E-state index is 11.9. The Morgan fingerprint density at radius 2 is 1.72 bits per heavy atom. The van der Waals surface area contributed by atoms with Crippen molar-refractivity contribution >= 4 is 23.2 Å². The van der Waals surface area contributed by atoms with E-state index in [0.29, 0.717) is 5.57 Å². The highest BCUT2D eigenvalue weighted by molar-refractivity contribution is 6.34. The lowest BCUT2D eigenvalue weighted by Crippen LogP contribution is -2.03. The summed E-state index contributed by atoms with van der Waals surface area (Å²) < 4.78 is 0.